The van der Waals surface area contributed by atoms with Crippen molar-refractivity contribution in [3.8, 4) is 0 Å². The molecule has 0 heterocycles. The third-order valence-corrected chi connectivity index (χ3v) is 2.93. The molecule has 4 nitrogen and oxygen atoms in total. The maximum absolute atomic E-state index is 5.48. The van der Waals surface area contributed by atoms with E-state index in [-0.39, 0.29) is 0 Å². The Kier molecular flexibility index (Phi) is 9.04. The fourth-order valence-electron chi connectivity index (χ4n) is 1.74. The highest BCUT2D eigenvalue weighted by Crippen LogP contribution is 2.18. The van der Waals surface area contributed by atoms with Crippen LogP contribution in [0.3, 0.4) is 0 Å². The van der Waals surface area contributed by atoms with Crippen molar-refractivity contribution < 1.29 is 14.2 Å². The normalized spacial score (nSPS) is 11.0. The van der Waals surface area contributed by atoms with Crippen molar-refractivity contribution in [2.45, 2.75) is 19.8 Å². The second kappa shape index (κ2) is 10.7. The first kappa shape index (κ1) is 17.0. The highest BCUT2D eigenvalue weighted by Gasteiger charge is 1.99. The molecule has 0 aliphatic heterocycles. The van der Waals surface area contributed by atoms with Gasteiger partial charge in [-0.2, -0.15) is 0 Å². The van der Waals surface area contributed by atoms with Gasteiger partial charge in [-0.25, -0.2) is 0 Å². The van der Waals surface area contributed by atoms with Crippen LogP contribution in [0, 0.1) is 0 Å². The van der Waals surface area contributed by atoms with Gasteiger partial charge in [-0.1, -0.05) is 26.0 Å². The first-order valence-electron chi connectivity index (χ1n) is 7.22. The molecule has 0 radical (unpaired) electrons. The molecule has 0 aliphatic rings. The lowest BCUT2D eigenvalue weighted by Gasteiger charge is -2.10. The Labute approximate surface area is 122 Å². The minimum Gasteiger partial charge on any atom is -0.383 e. The van der Waals surface area contributed by atoms with Crippen molar-refractivity contribution >= 4 is 5.69 Å². The van der Waals surface area contributed by atoms with Crippen LogP contribution in [0.25, 0.3) is 0 Å². The zero-order valence-corrected chi connectivity index (χ0v) is 12.9. The highest BCUT2D eigenvalue weighted by atomic mass is 16.5. The maximum atomic E-state index is 5.48. The lowest BCUT2D eigenvalue weighted by molar-refractivity contribution is 0.0272. The highest BCUT2D eigenvalue weighted by molar-refractivity contribution is 5.46. The van der Waals surface area contributed by atoms with E-state index in [4.69, 9.17) is 14.2 Å². The summed E-state index contributed by atoms with van der Waals surface area (Å²) >= 11 is 0. The van der Waals surface area contributed by atoms with Gasteiger partial charge in [0.25, 0.3) is 0 Å². The molecule has 0 amide bonds. The van der Waals surface area contributed by atoms with E-state index in [0.29, 0.717) is 39.0 Å². The molecule has 1 rings (SSSR count). The Balaban J connectivity index is 2.05. The molecule has 1 N–H and O–H groups in total. The van der Waals surface area contributed by atoms with Crippen LogP contribution in [0.15, 0.2) is 24.3 Å². The van der Waals surface area contributed by atoms with E-state index < -0.39 is 0 Å². The molecule has 0 aromatic heterocycles. The topological polar surface area (TPSA) is 39.7 Å². The maximum Gasteiger partial charge on any atom is 0.0701 e. The summed E-state index contributed by atoms with van der Waals surface area (Å²) in [5.74, 6) is 0.553. The molecule has 1 aromatic rings. The molecule has 0 aliphatic carbocycles. The van der Waals surface area contributed by atoms with Gasteiger partial charge in [0.1, 0.15) is 0 Å². The van der Waals surface area contributed by atoms with Gasteiger partial charge >= 0.3 is 0 Å². The van der Waals surface area contributed by atoms with Gasteiger partial charge in [-0.3, -0.25) is 0 Å². The van der Waals surface area contributed by atoms with E-state index >= 15 is 0 Å². The zero-order chi connectivity index (χ0) is 14.6. The van der Waals surface area contributed by atoms with Crippen LogP contribution < -0.4 is 5.32 Å². The third kappa shape index (κ3) is 7.48. The van der Waals surface area contributed by atoms with Crippen LogP contribution in [-0.2, 0) is 14.2 Å². The van der Waals surface area contributed by atoms with Crippen molar-refractivity contribution in [1.82, 2.24) is 0 Å². The summed E-state index contributed by atoms with van der Waals surface area (Å²) in [4.78, 5) is 0. The van der Waals surface area contributed by atoms with Crippen LogP contribution in [0.1, 0.15) is 25.3 Å². The third-order valence-electron chi connectivity index (χ3n) is 2.93. The Hall–Kier alpha value is -1.10. The van der Waals surface area contributed by atoms with Crippen LogP contribution in [0.4, 0.5) is 5.69 Å². The van der Waals surface area contributed by atoms with E-state index in [1.54, 1.807) is 7.11 Å². The molecule has 0 bridgehead atoms. The summed E-state index contributed by atoms with van der Waals surface area (Å²) in [6.07, 6.45) is 0. The molecule has 0 atom stereocenters. The second-order valence-electron chi connectivity index (χ2n) is 4.92. The Bertz CT molecular complexity index is 355. The minimum absolute atomic E-state index is 0.553. The average Bonchev–Trinajstić information content (AvgIpc) is 2.46. The van der Waals surface area contributed by atoms with E-state index in [2.05, 4.69) is 43.4 Å². The van der Waals surface area contributed by atoms with Crippen molar-refractivity contribution in [2.24, 2.45) is 0 Å². The summed E-state index contributed by atoms with van der Waals surface area (Å²) < 4.78 is 15.7. The number of ether oxygens (including phenoxy) is 3. The van der Waals surface area contributed by atoms with Crippen molar-refractivity contribution in [3.05, 3.63) is 29.8 Å². The SMILES string of the molecule is COCCOCCOCCNc1cccc(C(C)C)c1. The molecule has 20 heavy (non-hydrogen) atoms. The van der Waals surface area contributed by atoms with Gasteiger partial charge in [-0.15, -0.1) is 0 Å². The number of rotatable bonds is 11. The van der Waals surface area contributed by atoms with E-state index in [1.807, 2.05) is 0 Å². The molecule has 4 heteroatoms. The van der Waals surface area contributed by atoms with Crippen LogP contribution >= 0.6 is 0 Å². The van der Waals surface area contributed by atoms with Gasteiger partial charge in [0, 0.05) is 19.3 Å². The van der Waals surface area contributed by atoms with E-state index in [9.17, 15) is 0 Å². The van der Waals surface area contributed by atoms with Gasteiger partial charge < -0.3 is 19.5 Å². The largest absolute Gasteiger partial charge is 0.383 e. The van der Waals surface area contributed by atoms with E-state index in [0.717, 1.165) is 12.2 Å². The quantitative estimate of drug-likeness (QED) is 0.633. The van der Waals surface area contributed by atoms with Crippen LogP contribution in [-0.4, -0.2) is 46.7 Å². The molecule has 114 valence electrons. The Morgan fingerprint density at radius 1 is 1.00 bits per heavy atom. The van der Waals surface area contributed by atoms with E-state index in [1.165, 1.54) is 5.56 Å². The fourth-order valence-corrected chi connectivity index (χ4v) is 1.74. The lowest BCUT2D eigenvalue weighted by Crippen LogP contribution is -2.13. The predicted octanol–water partition coefficient (Wildman–Crippen LogP) is 2.90. The van der Waals surface area contributed by atoms with Gasteiger partial charge in [-0.05, 0) is 23.6 Å². The first-order chi connectivity index (χ1) is 9.74. The lowest BCUT2D eigenvalue weighted by atomic mass is 10.0. The van der Waals surface area contributed by atoms with Crippen molar-refractivity contribution in [3.63, 3.8) is 0 Å². The standard InChI is InChI=1S/C16H27NO3/c1-14(2)15-5-4-6-16(13-15)17-7-8-19-11-12-20-10-9-18-3/h4-6,13-14,17H,7-12H2,1-3H3. The summed E-state index contributed by atoms with van der Waals surface area (Å²) in [6.45, 7) is 8.38. The smallest absolute Gasteiger partial charge is 0.0701 e. The van der Waals surface area contributed by atoms with Crippen LogP contribution in [0.5, 0.6) is 0 Å². The first-order valence-corrected chi connectivity index (χ1v) is 7.22. The molecular formula is C16H27NO3. The number of methoxy groups -OCH3 is 1. The van der Waals surface area contributed by atoms with Gasteiger partial charge in [0.15, 0.2) is 0 Å². The van der Waals surface area contributed by atoms with Gasteiger partial charge in [0.05, 0.1) is 33.0 Å². The molecular weight excluding hydrogens is 254 g/mol. The summed E-state index contributed by atoms with van der Waals surface area (Å²) in [7, 11) is 1.67. The number of hydrogen-bond acceptors (Lipinski definition) is 4. The Morgan fingerprint density at radius 3 is 2.40 bits per heavy atom. The summed E-state index contributed by atoms with van der Waals surface area (Å²) in [6, 6.07) is 8.52. The predicted molar refractivity (Wildman–Crippen MR) is 82.5 cm³/mol. The van der Waals surface area contributed by atoms with Crippen LogP contribution in [0.2, 0.25) is 0 Å². The molecule has 0 spiro atoms. The average molecular weight is 281 g/mol. The minimum atomic E-state index is 0.553. The summed E-state index contributed by atoms with van der Waals surface area (Å²) in [5, 5.41) is 3.37. The summed E-state index contributed by atoms with van der Waals surface area (Å²) in [5.41, 5.74) is 2.50. The number of anilines is 1. The fraction of sp³-hybridized carbons (Fsp3) is 0.625. The zero-order valence-electron chi connectivity index (χ0n) is 12.9. The van der Waals surface area contributed by atoms with Crippen molar-refractivity contribution in [1.29, 1.82) is 0 Å². The molecule has 0 unspecified atom stereocenters. The monoisotopic (exact) mass is 281 g/mol. The molecule has 1 aromatic carbocycles. The molecule has 0 saturated carbocycles. The number of hydrogen-bond donors (Lipinski definition) is 1. The van der Waals surface area contributed by atoms with Gasteiger partial charge in [0.2, 0.25) is 0 Å². The number of benzene rings is 1. The molecule has 0 saturated heterocycles. The Morgan fingerprint density at radius 2 is 1.70 bits per heavy atom. The molecule has 0 fully saturated rings. The second-order valence-corrected chi connectivity index (χ2v) is 4.92. The number of nitrogens with one attached hydrogen (secondary N) is 1. The van der Waals surface area contributed by atoms with Crippen molar-refractivity contribution in [2.75, 3.05) is 52.0 Å².